The number of H-pyrrole nitrogens is 1. The molecular weight excluding hydrogens is 148 g/mol. The summed E-state index contributed by atoms with van der Waals surface area (Å²) in [4.78, 5) is 0. The van der Waals surface area contributed by atoms with Crippen LogP contribution in [0.2, 0.25) is 0 Å². The predicted octanol–water partition coefficient (Wildman–Crippen LogP) is 2.60. The van der Waals surface area contributed by atoms with Gasteiger partial charge in [-0.3, -0.25) is 5.10 Å². The van der Waals surface area contributed by atoms with Crippen molar-refractivity contribution in [2.45, 2.75) is 6.92 Å². The molecule has 2 rings (SSSR count). The summed E-state index contributed by atoms with van der Waals surface area (Å²) in [6.45, 7) is 5.92. The molecule has 1 aromatic heterocycles. The first kappa shape index (κ1) is 7.10. The highest BCUT2D eigenvalue weighted by Crippen LogP contribution is 2.21. The fourth-order valence-corrected chi connectivity index (χ4v) is 1.34. The van der Waals surface area contributed by atoms with Crippen LogP contribution in [0.4, 0.5) is 0 Å². The molecule has 1 aromatic carbocycles. The molecule has 0 radical (unpaired) electrons. The molecule has 0 bridgehead atoms. The van der Waals surface area contributed by atoms with Gasteiger partial charge in [0.1, 0.15) is 0 Å². The fourth-order valence-electron chi connectivity index (χ4n) is 1.34. The number of nitrogens with zero attached hydrogens (tertiary/aromatic N) is 1. The van der Waals surface area contributed by atoms with Crippen LogP contribution in [0.25, 0.3) is 16.5 Å². The monoisotopic (exact) mass is 158 g/mol. The summed E-state index contributed by atoms with van der Waals surface area (Å²) in [6, 6.07) is 6.07. The van der Waals surface area contributed by atoms with E-state index >= 15 is 0 Å². The van der Waals surface area contributed by atoms with Crippen molar-refractivity contribution in [1.82, 2.24) is 10.2 Å². The summed E-state index contributed by atoms with van der Waals surface area (Å²) >= 11 is 0. The Morgan fingerprint density at radius 1 is 1.50 bits per heavy atom. The van der Waals surface area contributed by atoms with E-state index in [1.807, 2.05) is 25.3 Å². The highest BCUT2D eigenvalue weighted by Gasteiger charge is 2.01. The first-order valence-electron chi connectivity index (χ1n) is 3.87. The van der Waals surface area contributed by atoms with E-state index in [2.05, 4.69) is 22.8 Å². The Labute approximate surface area is 70.9 Å². The van der Waals surface area contributed by atoms with Crippen LogP contribution in [0.3, 0.4) is 0 Å². The van der Waals surface area contributed by atoms with Gasteiger partial charge in [-0.05, 0) is 18.6 Å². The lowest BCUT2D eigenvalue weighted by atomic mass is 10.1. The topological polar surface area (TPSA) is 28.7 Å². The average Bonchev–Trinajstić information content (AvgIpc) is 2.49. The number of rotatable bonds is 1. The summed E-state index contributed by atoms with van der Waals surface area (Å²) in [7, 11) is 0. The van der Waals surface area contributed by atoms with E-state index in [-0.39, 0.29) is 0 Å². The van der Waals surface area contributed by atoms with Crippen LogP contribution in [-0.2, 0) is 0 Å². The normalized spacial score (nSPS) is 10.4. The van der Waals surface area contributed by atoms with E-state index in [1.54, 1.807) is 0 Å². The Bertz CT molecular complexity index is 426. The van der Waals surface area contributed by atoms with Gasteiger partial charge in [0, 0.05) is 5.39 Å². The van der Waals surface area contributed by atoms with Crippen molar-refractivity contribution in [2.24, 2.45) is 0 Å². The Balaban J connectivity index is 2.82. The standard InChI is InChI=1S/C10H10N2/c1-7(2)8-4-3-5-10-9(8)6-11-12-10/h3-6H,1H2,2H3,(H,11,12). The molecule has 12 heavy (non-hydrogen) atoms. The Kier molecular flexibility index (Phi) is 1.47. The third-order valence-electron chi connectivity index (χ3n) is 1.94. The molecule has 0 unspecified atom stereocenters. The van der Waals surface area contributed by atoms with Gasteiger partial charge in [0.05, 0.1) is 11.7 Å². The third kappa shape index (κ3) is 0.925. The quantitative estimate of drug-likeness (QED) is 0.679. The van der Waals surface area contributed by atoms with Crippen LogP contribution in [0.5, 0.6) is 0 Å². The molecule has 0 spiro atoms. The Morgan fingerprint density at radius 2 is 2.33 bits per heavy atom. The molecule has 0 aliphatic rings. The molecule has 0 amide bonds. The Morgan fingerprint density at radius 3 is 3.08 bits per heavy atom. The van der Waals surface area contributed by atoms with Crippen LogP contribution in [0, 0.1) is 0 Å². The van der Waals surface area contributed by atoms with Gasteiger partial charge in [-0.15, -0.1) is 0 Å². The number of fused-ring (bicyclic) bond motifs is 1. The first-order chi connectivity index (χ1) is 5.79. The van der Waals surface area contributed by atoms with Crippen molar-refractivity contribution in [3.8, 4) is 0 Å². The van der Waals surface area contributed by atoms with E-state index < -0.39 is 0 Å². The second-order valence-electron chi connectivity index (χ2n) is 2.92. The maximum Gasteiger partial charge on any atom is 0.0656 e. The van der Waals surface area contributed by atoms with Gasteiger partial charge in [-0.25, -0.2) is 0 Å². The Hall–Kier alpha value is -1.57. The molecule has 0 aliphatic heterocycles. The van der Waals surface area contributed by atoms with Crippen LogP contribution in [-0.4, -0.2) is 10.2 Å². The van der Waals surface area contributed by atoms with Crippen LogP contribution in [0.1, 0.15) is 12.5 Å². The molecule has 0 saturated heterocycles. The molecule has 0 atom stereocenters. The summed E-state index contributed by atoms with van der Waals surface area (Å²) in [5, 5.41) is 8.05. The number of aromatic nitrogens is 2. The van der Waals surface area contributed by atoms with Crippen LogP contribution < -0.4 is 0 Å². The number of nitrogens with one attached hydrogen (secondary N) is 1. The minimum atomic E-state index is 1.07. The second-order valence-corrected chi connectivity index (χ2v) is 2.92. The zero-order valence-electron chi connectivity index (χ0n) is 6.96. The van der Waals surface area contributed by atoms with Gasteiger partial charge >= 0.3 is 0 Å². The fraction of sp³-hybridized carbons (Fsp3) is 0.100. The second kappa shape index (κ2) is 2.48. The number of hydrogen-bond acceptors (Lipinski definition) is 1. The number of allylic oxidation sites excluding steroid dienone is 1. The number of hydrogen-bond donors (Lipinski definition) is 1. The highest BCUT2D eigenvalue weighted by atomic mass is 15.1. The minimum absolute atomic E-state index is 1.07. The molecule has 2 heteroatoms. The number of aromatic amines is 1. The maximum absolute atomic E-state index is 3.98. The van der Waals surface area contributed by atoms with Gasteiger partial charge in [0.15, 0.2) is 0 Å². The molecule has 2 nitrogen and oxygen atoms in total. The van der Waals surface area contributed by atoms with Gasteiger partial charge < -0.3 is 0 Å². The van der Waals surface area contributed by atoms with E-state index in [4.69, 9.17) is 0 Å². The zero-order valence-corrected chi connectivity index (χ0v) is 6.96. The van der Waals surface area contributed by atoms with E-state index in [9.17, 15) is 0 Å². The van der Waals surface area contributed by atoms with Crippen molar-refractivity contribution < 1.29 is 0 Å². The molecular formula is C10H10N2. The third-order valence-corrected chi connectivity index (χ3v) is 1.94. The molecule has 0 fully saturated rings. The summed E-state index contributed by atoms with van der Waals surface area (Å²) in [5.74, 6) is 0. The van der Waals surface area contributed by atoms with Gasteiger partial charge in [0.25, 0.3) is 0 Å². The lowest BCUT2D eigenvalue weighted by Crippen LogP contribution is -1.78. The minimum Gasteiger partial charge on any atom is -0.278 e. The first-order valence-corrected chi connectivity index (χ1v) is 3.87. The molecule has 1 heterocycles. The predicted molar refractivity (Wildman–Crippen MR) is 50.8 cm³/mol. The molecule has 1 N–H and O–H groups in total. The summed E-state index contributed by atoms with van der Waals surface area (Å²) in [6.07, 6.45) is 1.83. The average molecular weight is 158 g/mol. The van der Waals surface area contributed by atoms with Gasteiger partial charge in [0.2, 0.25) is 0 Å². The van der Waals surface area contributed by atoms with Crippen LogP contribution >= 0.6 is 0 Å². The SMILES string of the molecule is C=C(C)c1cccc2[nH]ncc12. The van der Waals surface area contributed by atoms with Gasteiger partial charge in [-0.2, -0.15) is 5.10 Å². The van der Waals surface area contributed by atoms with Crippen molar-refractivity contribution in [3.05, 3.63) is 36.5 Å². The number of benzene rings is 1. The van der Waals surface area contributed by atoms with Crippen LogP contribution in [0.15, 0.2) is 31.0 Å². The molecule has 0 aliphatic carbocycles. The molecule has 60 valence electrons. The van der Waals surface area contributed by atoms with Crippen molar-refractivity contribution in [2.75, 3.05) is 0 Å². The van der Waals surface area contributed by atoms with Gasteiger partial charge in [-0.1, -0.05) is 24.3 Å². The molecule has 2 aromatic rings. The van der Waals surface area contributed by atoms with E-state index in [0.29, 0.717) is 0 Å². The lowest BCUT2D eigenvalue weighted by molar-refractivity contribution is 1.12. The van der Waals surface area contributed by atoms with Crippen molar-refractivity contribution in [1.29, 1.82) is 0 Å². The zero-order chi connectivity index (χ0) is 8.55. The van der Waals surface area contributed by atoms with Crippen molar-refractivity contribution >= 4 is 16.5 Å². The van der Waals surface area contributed by atoms with E-state index in [1.165, 1.54) is 5.56 Å². The van der Waals surface area contributed by atoms with E-state index in [0.717, 1.165) is 16.5 Å². The van der Waals surface area contributed by atoms with Crippen molar-refractivity contribution in [3.63, 3.8) is 0 Å². The molecule has 0 saturated carbocycles. The highest BCUT2D eigenvalue weighted by molar-refractivity contribution is 5.90. The largest absolute Gasteiger partial charge is 0.278 e. The maximum atomic E-state index is 3.98. The lowest BCUT2D eigenvalue weighted by Gasteiger charge is -1.99. The summed E-state index contributed by atoms with van der Waals surface area (Å²) in [5.41, 5.74) is 3.30. The smallest absolute Gasteiger partial charge is 0.0656 e. The summed E-state index contributed by atoms with van der Waals surface area (Å²) < 4.78 is 0.